The van der Waals surface area contributed by atoms with E-state index in [1.165, 1.54) is 4.90 Å². The summed E-state index contributed by atoms with van der Waals surface area (Å²) >= 11 is 0. The summed E-state index contributed by atoms with van der Waals surface area (Å²) in [5, 5.41) is 8.20. The number of ether oxygens (including phenoxy) is 2. The summed E-state index contributed by atoms with van der Waals surface area (Å²) in [6.07, 6.45) is -3.17. The van der Waals surface area contributed by atoms with Crippen molar-refractivity contribution in [3.8, 4) is 5.75 Å². The van der Waals surface area contributed by atoms with Gasteiger partial charge in [-0.1, -0.05) is 0 Å². The van der Waals surface area contributed by atoms with E-state index >= 15 is 0 Å². The van der Waals surface area contributed by atoms with Gasteiger partial charge in [0.2, 0.25) is 0 Å². The smallest absolute Gasteiger partial charge is 0.416 e. The number of alkyl halides is 4. The number of rotatable bonds is 8. The molecule has 3 aliphatic heterocycles. The molecule has 2 fully saturated rings. The molecule has 1 unspecified atom stereocenters. The zero-order chi connectivity index (χ0) is 29.8. The Morgan fingerprint density at radius 2 is 1.98 bits per heavy atom. The van der Waals surface area contributed by atoms with Crippen molar-refractivity contribution in [3.63, 3.8) is 0 Å². The molecule has 8 nitrogen and oxygen atoms in total. The zero-order valence-corrected chi connectivity index (χ0v) is 23.7. The SMILES string of the molecule is CCOc1cc(N2Cc3c(cc([C@H](C)N4CCC(F)C4)cc3C(F)(F)F)C2=O)cc(C2(Cc3nncn3C)COC2)c1. The molecule has 1 amide bonds. The summed E-state index contributed by atoms with van der Waals surface area (Å²) in [6.45, 7) is 5.19. The molecule has 2 atom stereocenters. The van der Waals surface area contributed by atoms with Crippen LogP contribution in [0.3, 0.4) is 0 Å². The number of hydrogen-bond acceptors (Lipinski definition) is 6. The molecule has 42 heavy (non-hydrogen) atoms. The second-order valence-electron chi connectivity index (χ2n) is 11.5. The van der Waals surface area contributed by atoms with Crippen molar-refractivity contribution in [2.45, 2.75) is 57.0 Å². The Bertz CT molecular complexity index is 1500. The van der Waals surface area contributed by atoms with Gasteiger partial charge in [0, 0.05) is 55.3 Å². The molecule has 3 aliphatic rings. The van der Waals surface area contributed by atoms with Crippen molar-refractivity contribution in [2.24, 2.45) is 7.05 Å². The number of fused-ring (bicyclic) bond motifs is 1. The van der Waals surface area contributed by atoms with Gasteiger partial charge in [-0.05, 0) is 61.2 Å². The quantitative estimate of drug-likeness (QED) is 0.345. The molecule has 0 radical (unpaired) electrons. The highest BCUT2D eigenvalue weighted by molar-refractivity contribution is 6.10. The molecule has 0 spiro atoms. The van der Waals surface area contributed by atoms with Crippen LogP contribution in [-0.4, -0.2) is 64.7 Å². The number of carbonyl (C=O) groups is 1. The molecule has 1 aromatic heterocycles. The predicted molar refractivity (Wildman–Crippen MR) is 146 cm³/mol. The first-order chi connectivity index (χ1) is 20.0. The highest BCUT2D eigenvalue weighted by atomic mass is 19.4. The van der Waals surface area contributed by atoms with E-state index in [-0.39, 0.29) is 24.2 Å². The second kappa shape index (κ2) is 10.6. The largest absolute Gasteiger partial charge is 0.494 e. The molecule has 0 N–H and O–H groups in total. The lowest BCUT2D eigenvalue weighted by molar-refractivity contribution is -0.138. The number of nitrogens with zero attached hydrogens (tertiary/aromatic N) is 5. The molecule has 224 valence electrons. The number of benzene rings is 2. The molecule has 0 bridgehead atoms. The summed E-state index contributed by atoms with van der Waals surface area (Å²) in [6, 6.07) is 7.63. The summed E-state index contributed by atoms with van der Waals surface area (Å²) in [7, 11) is 1.86. The maximum Gasteiger partial charge on any atom is 0.416 e. The zero-order valence-electron chi connectivity index (χ0n) is 23.7. The first kappa shape index (κ1) is 28.6. The molecule has 6 rings (SSSR count). The second-order valence-corrected chi connectivity index (χ2v) is 11.5. The van der Waals surface area contributed by atoms with Crippen LogP contribution in [0, 0.1) is 0 Å². The lowest BCUT2D eigenvalue weighted by atomic mass is 9.75. The van der Waals surface area contributed by atoms with Crippen molar-refractivity contribution in [1.82, 2.24) is 19.7 Å². The minimum Gasteiger partial charge on any atom is -0.494 e. The fourth-order valence-electron chi connectivity index (χ4n) is 6.22. The van der Waals surface area contributed by atoms with Crippen LogP contribution in [-0.2, 0) is 36.3 Å². The van der Waals surface area contributed by atoms with Gasteiger partial charge in [-0.25, -0.2) is 4.39 Å². The topological polar surface area (TPSA) is 72.7 Å². The number of likely N-dealkylation sites (tertiary alicyclic amines) is 1. The van der Waals surface area contributed by atoms with Gasteiger partial charge in [-0.2, -0.15) is 13.2 Å². The van der Waals surface area contributed by atoms with Gasteiger partial charge in [0.15, 0.2) is 0 Å². The number of anilines is 1. The van der Waals surface area contributed by atoms with Crippen molar-refractivity contribution < 1.29 is 31.8 Å². The number of aromatic nitrogens is 3. The van der Waals surface area contributed by atoms with Crippen LogP contribution in [0.5, 0.6) is 5.75 Å². The van der Waals surface area contributed by atoms with E-state index in [0.717, 1.165) is 17.5 Å². The lowest BCUT2D eigenvalue weighted by Crippen LogP contribution is -2.49. The molecule has 2 aromatic carbocycles. The molecular formula is C30H33F4N5O3. The van der Waals surface area contributed by atoms with Crippen LogP contribution in [0.25, 0.3) is 0 Å². The fourth-order valence-corrected chi connectivity index (χ4v) is 6.22. The normalized spacial score (nSPS) is 21.0. The maximum absolute atomic E-state index is 14.4. The van der Waals surface area contributed by atoms with Crippen LogP contribution in [0.4, 0.5) is 23.2 Å². The van der Waals surface area contributed by atoms with Gasteiger partial charge >= 0.3 is 6.18 Å². The first-order valence-electron chi connectivity index (χ1n) is 14.1. The van der Waals surface area contributed by atoms with Crippen molar-refractivity contribution in [3.05, 3.63) is 70.3 Å². The van der Waals surface area contributed by atoms with Gasteiger partial charge in [0.25, 0.3) is 5.91 Å². The van der Waals surface area contributed by atoms with E-state index in [4.69, 9.17) is 9.47 Å². The fraction of sp³-hybridized carbons (Fsp3) is 0.500. The number of aryl methyl sites for hydroxylation is 1. The van der Waals surface area contributed by atoms with E-state index in [1.54, 1.807) is 25.4 Å². The van der Waals surface area contributed by atoms with Crippen LogP contribution in [0.1, 0.15) is 64.7 Å². The lowest BCUT2D eigenvalue weighted by Gasteiger charge is -2.42. The van der Waals surface area contributed by atoms with Gasteiger partial charge in [0.05, 0.1) is 31.9 Å². The number of carbonyl (C=O) groups excluding carboxylic acids is 1. The monoisotopic (exact) mass is 587 g/mol. The van der Waals surface area contributed by atoms with E-state index in [1.807, 2.05) is 35.6 Å². The van der Waals surface area contributed by atoms with Gasteiger partial charge < -0.3 is 18.9 Å². The van der Waals surface area contributed by atoms with Crippen molar-refractivity contribution in [2.75, 3.05) is 37.8 Å². The Hall–Kier alpha value is -3.51. The standard InChI is InChI=1S/C30H33F4N5O3/c1-4-42-23-10-20(29(15-41-16-29)12-27-36-35-17-37(27)3)9-22(11-23)39-14-25-24(28(39)40)7-19(8-26(25)30(32,33)34)18(2)38-6-5-21(31)13-38/h7-11,17-18,21H,4-6,12-16H2,1-3H3/t18-,21?/m0/s1. The third-order valence-corrected chi connectivity index (χ3v) is 8.75. The van der Waals surface area contributed by atoms with E-state index in [9.17, 15) is 22.4 Å². The van der Waals surface area contributed by atoms with Gasteiger partial charge in [-0.3, -0.25) is 9.69 Å². The van der Waals surface area contributed by atoms with Crippen LogP contribution >= 0.6 is 0 Å². The van der Waals surface area contributed by atoms with Gasteiger partial charge in [0.1, 0.15) is 24.1 Å². The van der Waals surface area contributed by atoms with E-state index in [2.05, 4.69) is 10.2 Å². The molecule has 4 heterocycles. The molecule has 12 heteroatoms. The Kier molecular flexibility index (Phi) is 7.25. The molecule has 0 aliphatic carbocycles. The first-order valence-corrected chi connectivity index (χ1v) is 14.1. The van der Waals surface area contributed by atoms with Crippen LogP contribution in [0.2, 0.25) is 0 Å². The van der Waals surface area contributed by atoms with E-state index < -0.39 is 35.3 Å². The third kappa shape index (κ3) is 5.04. The minimum absolute atomic E-state index is 0.0202. The summed E-state index contributed by atoms with van der Waals surface area (Å²) in [5.41, 5.74) is 0.321. The number of halogens is 4. The molecule has 3 aromatic rings. The van der Waals surface area contributed by atoms with E-state index in [0.29, 0.717) is 56.2 Å². The summed E-state index contributed by atoms with van der Waals surface area (Å²) in [5.74, 6) is 0.763. The Morgan fingerprint density at radius 3 is 2.57 bits per heavy atom. The number of hydrogen-bond donors (Lipinski definition) is 0. The minimum atomic E-state index is -4.66. The summed E-state index contributed by atoms with van der Waals surface area (Å²) in [4.78, 5) is 17.0. The average Bonchev–Trinajstić information content (AvgIpc) is 3.63. The maximum atomic E-state index is 14.4. The molecule has 0 saturated carbocycles. The van der Waals surface area contributed by atoms with Gasteiger partial charge in [-0.15, -0.1) is 10.2 Å². The van der Waals surface area contributed by atoms with Crippen molar-refractivity contribution in [1.29, 1.82) is 0 Å². The Labute approximate surface area is 241 Å². The Balaban J connectivity index is 1.39. The molecular weight excluding hydrogens is 554 g/mol. The summed E-state index contributed by atoms with van der Waals surface area (Å²) < 4.78 is 70.3. The number of amides is 1. The van der Waals surface area contributed by atoms with Crippen LogP contribution < -0.4 is 9.64 Å². The highest BCUT2D eigenvalue weighted by Crippen LogP contribution is 2.44. The predicted octanol–water partition coefficient (Wildman–Crippen LogP) is 5.01. The average molecular weight is 588 g/mol. The van der Waals surface area contributed by atoms with Crippen LogP contribution in [0.15, 0.2) is 36.7 Å². The van der Waals surface area contributed by atoms with Crippen molar-refractivity contribution >= 4 is 11.6 Å². The molecule has 2 saturated heterocycles. The highest BCUT2D eigenvalue weighted by Gasteiger charge is 2.44. The third-order valence-electron chi connectivity index (χ3n) is 8.75. The Morgan fingerprint density at radius 1 is 1.19 bits per heavy atom.